The molecule has 0 fully saturated rings. The van der Waals surface area contributed by atoms with Gasteiger partial charge in [0.1, 0.15) is 28.9 Å². The van der Waals surface area contributed by atoms with Crippen molar-refractivity contribution >= 4 is 23.1 Å². The van der Waals surface area contributed by atoms with Gasteiger partial charge in [-0.05, 0) is 18.1 Å². The van der Waals surface area contributed by atoms with E-state index in [0.717, 1.165) is 18.2 Å². The predicted molar refractivity (Wildman–Crippen MR) is 70.8 cm³/mol. The molecular formula is C13H12ClF2N3. The van der Waals surface area contributed by atoms with Gasteiger partial charge in [-0.15, -0.1) is 0 Å². The first-order chi connectivity index (χ1) is 8.99. The summed E-state index contributed by atoms with van der Waals surface area (Å²) in [5, 5.41) is 3.05. The molecule has 6 heteroatoms. The van der Waals surface area contributed by atoms with Gasteiger partial charge < -0.3 is 5.32 Å². The van der Waals surface area contributed by atoms with Crippen LogP contribution in [-0.4, -0.2) is 9.97 Å². The van der Waals surface area contributed by atoms with Crippen LogP contribution >= 0.6 is 11.6 Å². The van der Waals surface area contributed by atoms with E-state index in [1.165, 1.54) is 6.33 Å². The summed E-state index contributed by atoms with van der Waals surface area (Å²) in [5.41, 5.74) is 0.671. The van der Waals surface area contributed by atoms with E-state index >= 15 is 0 Å². The second-order valence-corrected chi connectivity index (χ2v) is 4.69. The van der Waals surface area contributed by atoms with Crippen LogP contribution in [-0.2, 0) is 0 Å². The zero-order valence-corrected chi connectivity index (χ0v) is 11.2. The zero-order chi connectivity index (χ0) is 14.0. The van der Waals surface area contributed by atoms with Crippen molar-refractivity contribution in [2.75, 3.05) is 5.32 Å². The van der Waals surface area contributed by atoms with E-state index in [0.29, 0.717) is 16.5 Å². The molecule has 0 radical (unpaired) electrons. The van der Waals surface area contributed by atoms with Gasteiger partial charge in [0, 0.05) is 11.6 Å². The van der Waals surface area contributed by atoms with Gasteiger partial charge >= 0.3 is 0 Å². The van der Waals surface area contributed by atoms with Gasteiger partial charge in [-0.25, -0.2) is 18.7 Å². The highest BCUT2D eigenvalue weighted by Crippen LogP contribution is 2.30. The molecule has 0 aliphatic rings. The number of rotatable bonds is 3. The summed E-state index contributed by atoms with van der Waals surface area (Å²) in [6.45, 7) is 3.83. The molecule has 19 heavy (non-hydrogen) atoms. The van der Waals surface area contributed by atoms with Crippen LogP contribution in [0.15, 0.2) is 24.5 Å². The standard InChI is InChI=1S/C13H12ClF2N3/c1-7(2)11-12(14)17-6-18-13(11)19-10-5-8(15)3-4-9(10)16/h3-7H,1-2H3,(H,17,18,19). The largest absolute Gasteiger partial charge is 0.337 e. The van der Waals surface area contributed by atoms with E-state index in [9.17, 15) is 8.78 Å². The van der Waals surface area contributed by atoms with Crippen molar-refractivity contribution < 1.29 is 8.78 Å². The monoisotopic (exact) mass is 283 g/mol. The van der Waals surface area contributed by atoms with Gasteiger partial charge in [-0.3, -0.25) is 0 Å². The van der Waals surface area contributed by atoms with Crippen molar-refractivity contribution in [3.63, 3.8) is 0 Å². The quantitative estimate of drug-likeness (QED) is 0.855. The van der Waals surface area contributed by atoms with E-state index in [4.69, 9.17) is 11.6 Å². The molecule has 0 unspecified atom stereocenters. The Bertz CT molecular complexity index is 602. The lowest BCUT2D eigenvalue weighted by Crippen LogP contribution is -2.04. The third kappa shape index (κ3) is 2.98. The molecule has 1 heterocycles. The van der Waals surface area contributed by atoms with Crippen LogP contribution in [0.4, 0.5) is 20.3 Å². The molecular weight excluding hydrogens is 272 g/mol. The highest BCUT2D eigenvalue weighted by molar-refractivity contribution is 6.30. The minimum atomic E-state index is -0.564. The smallest absolute Gasteiger partial charge is 0.146 e. The summed E-state index contributed by atoms with van der Waals surface area (Å²) in [6.07, 6.45) is 1.27. The Labute approximate surface area is 114 Å². The zero-order valence-electron chi connectivity index (χ0n) is 10.4. The van der Waals surface area contributed by atoms with Crippen LogP contribution < -0.4 is 5.32 Å². The van der Waals surface area contributed by atoms with Crippen LogP contribution in [0.1, 0.15) is 25.3 Å². The maximum atomic E-state index is 13.6. The van der Waals surface area contributed by atoms with E-state index in [1.807, 2.05) is 13.8 Å². The second-order valence-electron chi connectivity index (χ2n) is 4.33. The Morgan fingerprint density at radius 1 is 1.21 bits per heavy atom. The molecule has 0 aliphatic carbocycles. The molecule has 1 aromatic heterocycles. The number of nitrogens with zero attached hydrogens (tertiary/aromatic N) is 2. The van der Waals surface area contributed by atoms with Crippen molar-refractivity contribution in [1.29, 1.82) is 0 Å². The lowest BCUT2D eigenvalue weighted by Gasteiger charge is -2.14. The van der Waals surface area contributed by atoms with Crippen LogP contribution in [0.25, 0.3) is 0 Å². The molecule has 0 atom stereocenters. The fourth-order valence-electron chi connectivity index (χ4n) is 1.71. The molecule has 0 saturated carbocycles. The van der Waals surface area contributed by atoms with Crippen LogP contribution in [0.3, 0.4) is 0 Å². The molecule has 2 aromatic rings. The number of anilines is 2. The number of aromatic nitrogens is 2. The lowest BCUT2D eigenvalue weighted by atomic mass is 10.1. The van der Waals surface area contributed by atoms with Gasteiger partial charge in [-0.2, -0.15) is 0 Å². The summed E-state index contributed by atoms with van der Waals surface area (Å²) >= 11 is 6.00. The molecule has 3 nitrogen and oxygen atoms in total. The summed E-state index contributed by atoms with van der Waals surface area (Å²) in [6, 6.07) is 3.17. The third-order valence-electron chi connectivity index (χ3n) is 2.59. The van der Waals surface area contributed by atoms with Gasteiger partial charge in [0.25, 0.3) is 0 Å². The summed E-state index contributed by atoms with van der Waals surface area (Å²) < 4.78 is 26.7. The first-order valence-corrected chi connectivity index (χ1v) is 6.09. The topological polar surface area (TPSA) is 37.8 Å². The normalized spacial score (nSPS) is 10.8. The first-order valence-electron chi connectivity index (χ1n) is 5.71. The maximum absolute atomic E-state index is 13.6. The average Bonchev–Trinajstić information content (AvgIpc) is 2.33. The molecule has 100 valence electrons. The van der Waals surface area contributed by atoms with Crippen molar-refractivity contribution in [2.24, 2.45) is 0 Å². The summed E-state index contributed by atoms with van der Waals surface area (Å²) in [5.74, 6) is -0.673. The Kier molecular flexibility index (Phi) is 3.95. The number of benzene rings is 1. The predicted octanol–water partition coefficient (Wildman–Crippen LogP) is 4.28. The maximum Gasteiger partial charge on any atom is 0.146 e. The van der Waals surface area contributed by atoms with Crippen LogP contribution in [0.5, 0.6) is 0 Å². The molecule has 1 N–H and O–H groups in total. The Morgan fingerprint density at radius 2 is 1.95 bits per heavy atom. The highest BCUT2D eigenvalue weighted by Gasteiger charge is 2.15. The third-order valence-corrected chi connectivity index (χ3v) is 2.90. The average molecular weight is 284 g/mol. The van der Waals surface area contributed by atoms with Crippen molar-refractivity contribution in [3.05, 3.63) is 46.9 Å². The summed E-state index contributed by atoms with van der Waals surface area (Å²) in [7, 11) is 0. The lowest BCUT2D eigenvalue weighted by molar-refractivity contribution is 0.603. The van der Waals surface area contributed by atoms with Crippen LogP contribution in [0.2, 0.25) is 5.15 Å². The van der Waals surface area contributed by atoms with E-state index in [2.05, 4.69) is 15.3 Å². The minimum Gasteiger partial charge on any atom is -0.337 e. The van der Waals surface area contributed by atoms with Crippen molar-refractivity contribution in [3.8, 4) is 0 Å². The van der Waals surface area contributed by atoms with Crippen molar-refractivity contribution in [2.45, 2.75) is 19.8 Å². The Hall–Kier alpha value is -1.75. The van der Waals surface area contributed by atoms with E-state index in [-0.39, 0.29) is 11.6 Å². The number of nitrogens with one attached hydrogen (secondary N) is 1. The molecule has 0 aliphatic heterocycles. The second kappa shape index (κ2) is 5.48. The molecule has 0 bridgehead atoms. The number of halogens is 3. The molecule has 0 spiro atoms. The SMILES string of the molecule is CC(C)c1c(Cl)ncnc1Nc1cc(F)ccc1F. The van der Waals surface area contributed by atoms with Gasteiger partial charge in [0.15, 0.2) is 0 Å². The molecule has 0 amide bonds. The highest BCUT2D eigenvalue weighted by atomic mass is 35.5. The van der Waals surface area contributed by atoms with E-state index < -0.39 is 11.6 Å². The Morgan fingerprint density at radius 3 is 2.63 bits per heavy atom. The van der Waals surface area contributed by atoms with Gasteiger partial charge in [0.05, 0.1) is 5.69 Å². The number of hydrogen-bond donors (Lipinski definition) is 1. The fraction of sp³-hybridized carbons (Fsp3) is 0.231. The molecule has 2 rings (SSSR count). The first kappa shape index (κ1) is 13.7. The summed E-state index contributed by atoms with van der Waals surface area (Å²) in [4.78, 5) is 7.92. The minimum absolute atomic E-state index is 0.0108. The van der Waals surface area contributed by atoms with Crippen molar-refractivity contribution in [1.82, 2.24) is 9.97 Å². The fourth-order valence-corrected chi connectivity index (χ4v) is 2.06. The van der Waals surface area contributed by atoms with Crippen LogP contribution in [0, 0.1) is 11.6 Å². The molecule has 0 saturated heterocycles. The Balaban J connectivity index is 2.44. The molecule has 1 aromatic carbocycles. The number of hydrogen-bond acceptors (Lipinski definition) is 3. The van der Waals surface area contributed by atoms with Gasteiger partial charge in [0.2, 0.25) is 0 Å². The van der Waals surface area contributed by atoms with Gasteiger partial charge in [-0.1, -0.05) is 25.4 Å². The van der Waals surface area contributed by atoms with E-state index in [1.54, 1.807) is 0 Å².